The van der Waals surface area contributed by atoms with Gasteiger partial charge in [0.05, 0.1) is 0 Å². The molecule has 0 aliphatic heterocycles. The van der Waals surface area contributed by atoms with E-state index in [1.807, 2.05) is 12.1 Å². The number of benzene rings is 2. The van der Waals surface area contributed by atoms with E-state index in [1.54, 1.807) is 62.4 Å². The average Bonchev–Trinajstić information content (AvgIpc) is 2.81. The van der Waals surface area contributed by atoms with Gasteiger partial charge in [-0.25, -0.2) is 19.2 Å². The van der Waals surface area contributed by atoms with Gasteiger partial charge in [0, 0.05) is 23.5 Å². The number of carbonyl (C=O) groups excluding carboxylic acids is 4. The van der Waals surface area contributed by atoms with Gasteiger partial charge in [0.25, 0.3) is 0 Å². The third kappa shape index (κ3) is 10.8. The number of hydrogen-bond donors (Lipinski definition) is 2. The van der Waals surface area contributed by atoms with Gasteiger partial charge in [0.1, 0.15) is 25.4 Å². The van der Waals surface area contributed by atoms with Crippen molar-refractivity contribution in [3.8, 4) is 0 Å². The number of anilines is 2. The first-order valence-electron chi connectivity index (χ1n) is 10.4. The standard InChI is InChI=1S/C24H26N2O8/c1-17(33-23(29)25-19-9-5-3-6-10-19)15-31-21(27)13-14-22(28)32-16-18(2)34-24(30)26-20-11-7-4-8-12-20/h3-14,17-18H,15-16H2,1-2H3,(H,25,29)(H,26,30)/b14-13+/t17-,18-/m1/s1. The molecule has 0 radical (unpaired) electrons. The fraction of sp³-hybridized carbons (Fsp3) is 0.250. The van der Waals surface area contributed by atoms with Crippen molar-refractivity contribution in [2.75, 3.05) is 23.8 Å². The zero-order chi connectivity index (χ0) is 24.8. The number of hydrogen-bond acceptors (Lipinski definition) is 8. The Morgan fingerprint density at radius 3 is 1.38 bits per heavy atom. The summed E-state index contributed by atoms with van der Waals surface area (Å²) in [6.07, 6.45) is -1.05. The van der Waals surface area contributed by atoms with Crippen LogP contribution in [0.5, 0.6) is 0 Å². The number of carbonyl (C=O) groups is 4. The van der Waals surface area contributed by atoms with Gasteiger partial charge in [-0.05, 0) is 38.1 Å². The van der Waals surface area contributed by atoms with Gasteiger partial charge in [-0.2, -0.15) is 0 Å². The van der Waals surface area contributed by atoms with Gasteiger partial charge < -0.3 is 18.9 Å². The van der Waals surface area contributed by atoms with Gasteiger partial charge in [-0.1, -0.05) is 36.4 Å². The monoisotopic (exact) mass is 470 g/mol. The van der Waals surface area contributed by atoms with E-state index in [-0.39, 0.29) is 13.2 Å². The van der Waals surface area contributed by atoms with Gasteiger partial charge in [-0.3, -0.25) is 10.6 Å². The van der Waals surface area contributed by atoms with E-state index >= 15 is 0 Å². The predicted octanol–water partition coefficient (Wildman–Crippen LogP) is 3.90. The predicted molar refractivity (Wildman–Crippen MR) is 123 cm³/mol. The maximum absolute atomic E-state index is 11.8. The molecule has 0 fully saturated rings. The zero-order valence-electron chi connectivity index (χ0n) is 18.8. The van der Waals surface area contributed by atoms with Gasteiger partial charge in [-0.15, -0.1) is 0 Å². The minimum Gasteiger partial charge on any atom is -0.459 e. The summed E-state index contributed by atoms with van der Waals surface area (Å²) in [5.74, 6) is -1.63. The Morgan fingerprint density at radius 2 is 1.03 bits per heavy atom. The summed E-state index contributed by atoms with van der Waals surface area (Å²) in [6.45, 7) is 2.68. The summed E-state index contributed by atoms with van der Waals surface area (Å²) >= 11 is 0. The number of rotatable bonds is 10. The minimum absolute atomic E-state index is 0.207. The van der Waals surface area contributed by atoms with Crippen molar-refractivity contribution in [2.24, 2.45) is 0 Å². The lowest BCUT2D eigenvalue weighted by atomic mass is 10.3. The molecule has 0 unspecified atom stereocenters. The molecule has 0 aliphatic carbocycles. The molecule has 2 amide bonds. The highest BCUT2D eigenvalue weighted by Gasteiger charge is 2.13. The second-order valence-electron chi connectivity index (χ2n) is 7.01. The van der Waals surface area contributed by atoms with E-state index in [9.17, 15) is 19.2 Å². The summed E-state index contributed by atoms with van der Waals surface area (Å²) < 4.78 is 20.0. The van der Waals surface area contributed by atoms with Crippen molar-refractivity contribution >= 4 is 35.5 Å². The van der Waals surface area contributed by atoms with Crippen LogP contribution in [0.25, 0.3) is 0 Å². The second-order valence-corrected chi connectivity index (χ2v) is 7.01. The highest BCUT2D eigenvalue weighted by atomic mass is 16.6. The molecule has 0 aliphatic rings. The molecule has 0 saturated heterocycles. The first kappa shape index (κ1) is 25.9. The molecule has 180 valence electrons. The van der Waals surface area contributed by atoms with Crippen LogP contribution in [0, 0.1) is 0 Å². The number of ether oxygens (including phenoxy) is 4. The van der Waals surface area contributed by atoms with Crippen LogP contribution in [0.15, 0.2) is 72.8 Å². The molecule has 2 aromatic carbocycles. The summed E-state index contributed by atoms with van der Waals surface area (Å²) in [5, 5.41) is 5.07. The molecule has 10 nitrogen and oxygen atoms in total. The van der Waals surface area contributed by atoms with E-state index in [0.717, 1.165) is 12.2 Å². The van der Waals surface area contributed by atoms with Crippen molar-refractivity contribution in [3.05, 3.63) is 72.8 Å². The quantitative estimate of drug-likeness (QED) is 0.304. The molecule has 2 N–H and O–H groups in total. The van der Waals surface area contributed by atoms with Gasteiger partial charge >= 0.3 is 24.1 Å². The summed E-state index contributed by atoms with van der Waals surface area (Å²) in [6, 6.07) is 17.4. The Hall–Kier alpha value is -4.34. The van der Waals surface area contributed by atoms with Gasteiger partial charge in [0.2, 0.25) is 0 Å². The molecular weight excluding hydrogens is 444 g/mol. The second kappa shape index (κ2) is 13.9. The van der Waals surface area contributed by atoms with E-state index in [4.69, 9.17) is 18.9 Å². The van der Waals surface area contributed by atoms with Gasteiger partial charge in [0.15, 0.2) is 0 Å². The molecule has 0 bridgehead atoms. The number of esters is 2. The third-order valence-corrected chi connectivity index (χ3v) is 3.93. The molecule has 0 saturated carbocycles. The van der Waals surface area contributed by atoms with E-state index in [2.05, 4.69) is 10.6 Å². The molecule has 0 spiro atoms. The SMILES string of the molecule is C[C@H](COC(=O)/C=C/C(=O)OC[C@@H](C)OC(=O)Nc1ccccc1)OC(=O)Nc1ccccc1. The Bertz CT molecular complexity index is 899. The van der Waals surface area contributed by atoms with Crippen molar-refractivity contribution in [2.45, 2.75) is 26.1 Å². The van der Waals surface area contributed by atoms with Crippen LogP contribution in [0.2, 0.25) is 0 Å². The normalized spacial score (nSPS) is 12.2. The Kier molecular flexibility index (Phi) is 10.6. The molecule has 2 atom stereocenters. The smallest absolute Gasteiger partial charge is 0.412 e. The summed E-state index contributed by atoms with van der Waals surface area (Å²) in [4.78, 5) is 47.0. The zero-order valence-corrected chi connectivity index (χ0v) is 18.8. The highest BCUT2D eigenvalue weighted by Crippen LogP contribution is 2.07. The number of amides is 2. The largest absolute Gasteiger partial charge is 0.459 e. The van der Waals surface area contributed by atoms with Crippen molar-refractivity contribution in [1.29, 1.82) is 0 Å². The van der Waals surface area contributed by atoms with E-state index < -0.39 is 36.3 Å². The van der Waals surface area contributed by atoms with Crippen LogP contribution in [0.1, 0.15) is 13.8 Å². The lowest BCUT2D eigenvalue weighted by Gasteiger charge is -2.14. The van der Waals surface area contributed by atoms with Crippen molar-refractivity contribution < 1.29 is 38.1 Å². The lowest BCUT2D eigenvalue weighted by molar-refractivity contribution is -0.143. The maximum Gasteiger partial charge on any atom is 0.412 e. The number of para-hydroxylation sites is 2. The van der Waals surface area contributed by atoms with E-state index in [0.29, 0.717) is 11.4 Å². The Morgan fingerprint density at radius 1 is 0.676 bits per heavy atom. The molecule has 34 heavy (non-hydrogen) atoms. The topological polar surface area (TPSA) is 129 Å². The summed E-state index contributed by atoms with van der Waals surface area (Å²) in [5.41, 5.74) is 1.13. The lowest BCUT2D eigenvalue weighted by Crippen LogP contribution is -2.25. The molecular formula is C24H26N2O8. The minimum atomic E-state index is -0.817. The highest BCUT2D eigenvalue weighted by molar-refractivity contribution is 5.91. The molecule has 2 aromatic rings. The fourth-order valence-corrected chi connectivity index (χ4v) is 2.40. The van der Waals surface area contributed by atoms with Crippen LogP contribution in [0.3, 0.4) is 0 Å². The first-order valence-corrected chi connectivity index (χ1v) is 10.4. The maximum atomic E-state index is 11.8. The third-order valence-electron chi connectivity index (χ3n) is 3.93. The van der Waals surface area contributed by atoms with Crippen LogP contribution in [-0.4, -0.2) is 49.5 Å². The van der Waals surface area contributed by atoms with Crippen molar-refractivity contribution in [3.63, 3.8) is 0 Å². The average molecular weight is 470 g/mol. The van der Waals surface area contributed by atoms with Crippen LogP contribution in [-0.2, 0) is 28.5 Å². The fourth-order valence-electron chi connectivity index (χ4n) is 2.40. The molecule has 0 heterocycles. The Balaban J connectivity index is 1.60. The van der Waals surface area contributed by atoms with Crippen LogP contribution in [0.4, 0.5) is 21.0 Å². The number of nitrogens with one attached hydrogen (secondary N) is 2. The van der Waals surface area contributed by atoms with E-state index in [1.165, 1.54) is 0 Å². The Labute approximate surface area is 196 Å². The molecule has 0 aromatic heterocycles. The van der Waals surface area contributed by atoms with Crippen LogP contribution >= 0.6 is 0 Å². The molecule has 10 heteroatoms. The van der Waals surface area contributed by atoms with Crippen molar-refractivity contribution in [1.82, 2.24) is 0 Å². The first-order chi connectivity index (χ1) is 16.3. The van der Waals surface area contributed by atoms with Crippen LogP contribution < -0.4 is 10.6 Å². The molecule has 2 rings (SSSR count). The summed E-state index contributed by atoms with van der Waals surface area (Å²) in [7, 11) is 0.